The van der Waals surface area contributed by atoms with Crippen LogP contribution in [-0.2, 0) is 10.1 Å². The van der Waals surface area contributed by atoms with E-state index >= 15 is 0 Å². The standard InChI is InChI=1S/C18H30O3S/c1-3-5-6-7-8-9-10-11-16(4-2)17-12-14-18(15-13-17)22(19,20)21/h12-16H,3-11H2,1-2H3,(H,19,20,21). The molecule has 22 heavy (non-hydrogen) atoms. The van der Waals surface area contributed by atoms with Gasteiger partial charge in [0.05, 0.1) is 4.90 Å². The summed E-state index contributed by atoms with van der Waals surface area (Å²) in [6.45, 7) is 4.40. The highest BCUT2D eigenvalue weighted by molar-refractivity contribution is 7.85. The van der Waals surface area contributed by atoms with Crippen molar-refractivity contribution < 1.29 is 13.0 Å². The molecule has 0 saturated carbocycles. The number of unbranched alkanes of at least 4 members (excludes halogenated alkanes) is 6. The van der Waals surface area contributed by atoms with Gasteiger partial charge in [-0.2, -0.15) is 8.42 Å². The van der Waals surface area contributed by atoms with Gasteiger partial charge in [-0.3, -0.25) is 4.55 Å². The van der Waals surface area contributed by atoms with Gasteiger partial charge < -0.3 is 0 Å². The highest BCUT2D eigenvalue weighted by Gasteiger charge is 2.12. The molecule has 0 spiro atoms. The maximum absolute atomic E-state index is 11.1. The summed E-state index contributed by atoms with van der Waals surface area (Å²) >= 11 is 0. The zero-order valence-corrected chi connectivity index (χ0v) is 14.7. The number of rotatable bonds is 11. The first-order valence-electron chi connectivity index (χ1n) is 8.56. The molecule has 0 aromatic heterocycles. The Bertz CT molecular complexity index is 506. The molecule has 0 radical (unpaired) electrons. The van der Waals surface area contributed by atoms with Gasteiger partial charge in [0.1, 0.15) is 0 Å². The summed E-state index contributed by atoms with van der Waals surface area (Å²) in [5.74, 6) is 0.478. The molecule has 1 unspecified atom stereocenters. The van der Waals surface area contributed by atoms with E-state index in [1.54, 1.807) is 0 Å². The molecule has 0 aliphatic rings. The molecule has 1 aromatic carbocycles. The summed E-state index contributed by atoms with van der Waals surface area (Å²) < 4.78 is 31.1. The van der Waals surface area contributed by atoms with Crippen molar-refractivity contribution in [3.05, 3.63) is 29.8 Å². The maximum Gasteiger partial charge on any atom is 0.294 e. The molecular formula is C18H30O3S. The van der Waals surface area contributed by atoms with Crippen molar-refractivity contribution in [3.8, 4) is 0 Å². The average molecular weight is 327 g/mol. The third kappa shape index (κ3) is 6.93. The average Bonchev–Trinajstić information content (AvgIpc) is 2.49. The molecule has 0 amide bonds. The number of hydrogen-bond donors (Lipinski definition) is 1. The van der Waals surface area contributed by atoms with Gasteiger partial charge in [0.2, 0.25) is 0 Å². The van der Waals surface area contributed by atoms with Crippen LogP contribution in [0.25, 0.3) is 0 Å². The van der Waals surface area contributed by atoms with Crippen molar-refractivity contribution in [1.82, 2.24) is 0 Å². The summed E-state index contributed by atoms with van der Waals surface area (Å²) in [6, 6.07) is 6.66. The third-order valence-corrected chi connectivity index (χ3v) is 5.17. The van der Waals surface area contributed by atoms with Crippen LogP contribution in [-0.4, -0.2) is 13.0 Å². The van der Waals surface area contributed by atoms with E-state index in [2.05, 4.69) is 13.8 Å². The van der Waals surface area contributed by atoms with Crippen molar-refractivity contribution >= 4 is 10.1 Å². The summed E-state index contributed by atoms with van der Waals surface area (Å²) in [7, 11) is -4.08. The van der Waals surface area contributed by atoms with Crippen LogP contribution in [0, 0.1) is 0 Å². The van der Waals surface area contributed by atoms with E-state index in [0.29, 0.717) is 5.92 Å². The first kappa shape index (κ1) is 19.2. The van der Waals surface area contributed by atoms with E-state index in [1.807, 2.05) is 12.1 Å². The summed E-state index contributed by atoms with van der Waals surface area (Å²) in [6.07, 6.45) is 11.4. The molecule has 1 N–H and O–H groups in total. The van der Waals surface area contributed by atoms with Crippen LogP contribution in [0.5, 0.6) is 0 Å². The van der Waals surface area contributed by atoms with Crippen LogP contribution in [0.15, 0.2) is 29.2 Å². The van der Waals surface area contributed by atoms with Gasteiger partial charge in [-0.1, -0.05) is 70.9 Å². The number of hydrogen-bond acceptors (Lipinski definition) is 2. The first-order chi connectivity index (χ1) is 10.5. The van der Waals surface area contributed by atoms with E-state index in [0.717, 1.165) is 12.8 Å². The molecule has 126 valence electrons. The highest BCUT2D eigenvalue weighted by atomic mass is 32.2. The molecule has 0 saturated heterocycles. The van der Waals surface area contributed by atoms with E-state index in [1.165, 1.54) is 62.6 Å². The Hall–Kier alpha value is -0.870. The van der Waals surface area contributed by atoms with Gasteiger partial charge in [-0.15, -0.1) is 0 Å². The fraction of sp³-hybridized carbons (Fsp3) is 0.667. The normalized spacial score (nSPS) is 13.2. The lowest BCUT2D eigenvalue weighted by atomic mass is 9.91. The third-order valence-electron chi connectivity index (χ3n) is 4.30. The Morgan fingerprint density at radius 3 is 1.95 bits per heavy atom. The van der Waals surface area contributed by atoms with Crippen molar-refractivity contribution in [2.45, 2.75) is 82.4 Å². The molecule has 0 aliphatic heterocycles. The zero-order chi connectivity index (χ0) is 16.4. The monoisotopic (exact) mass is 326 g/mol. The summed E-state index contributed by atoms with van der Waals surface area (Å²) in [4.78, 5) is -0.0259. The Labute approximate surface area is 135 Å². The van der Waals surface area contributed by atoms with Gasteiger partial charge >= 0.3 is 0 Å². The lowest BCUT2D eigenvalue weighted by Crippen LogP contribution is -2.01. The lowest BCUT2D eigenvalue weighted by Gasteiger charge is -2.15. The Kier molecular flexibility index (Phi) is 8.72. The lowest BCUT2D eigenvalue weighted by molar-refractivity contribution is 0.483. The van der Waals surface area contributed by atoms with Gasteiger partial charge in [-0.25, -0.2) is 0 Å². The van der Waals surface area contributed by atoms with E-state index < -0.39 is 10.1 Å². The molecule has 0 aliphatic carbocycles. The second-order valence-corrected chi connectivity index (χ2v) is 7.48. The number of benzene rings is 1. The topological polar surface area (TPSA) is 54.4 Å². The molecule has 0 bridgehead atoms. The largest absolute Gasteiger partial charge is 0.294 e. The SMILES string of the molecule is CCCCCCCCCC(CC)c1ccc(S(=O)(=O)O)cc1. The van der Waals surface area contributed by atoms with E-state index in [9.17, 15) is 8.42 Å². The van der Waals surface area contributed by atoms with Crippen LogP contribution >= 0.6 is 0 Å². The maximum atomic E-state index is 11.1. The minimum atomic E-state index is -4.08. The van der Waals surface area contributed by atoms with Crippen LogP contribution in [0.3, 0.4) is 0 Å². The molecule has 1 aromatic rings. The molecule has 1 rings (SSSR count). The van der Waals surface area contributed by atoms with Crippen molar-refractivity contribution in [2.24, 2.45) is 0 Å². The van der Waals surface area contributed by atoms with Crippen LogP contribution in [0.1, 0.15) is 83.1 Å². The van der Waals surface area contributed by atoms with Crippen molar-refractivity contribution in [3.63, 3.8) is 0 Å². The Balaban J connectivity index is 2.41. The minimum absolute atomic E-state index is 0.0259. The molecule has 4 heteroatoms. The van der Waals surface area contributed by atoms with Crippen LogP contribution < -0.4 is 0 Å². The Morgan fingerprint density at radius 2 is 1.45 bits per heavy atom. The second-order valence-electron chi connectivity index (χ2n) is 6.06. The van der Waals surface area contributed by atoms with E-state index in [-0.39, 0.29) is 4.90 Å². The second kappa shape index (κ2) is 10.0. The van der Waals surface area contributed by atoms with Crippen molar-refractivity contribution in [2.75, 3.05) is 0 Å². The molecule has 0 fully saturated rings. The smallest absolute Gasteiger partial charge is 0.282 e. The molecule has 3 nitrogen and oxygen atoms in total. The predicted octanol–water partition coefficient (Wildman–Crippen LogP) is 5.57. The summed E-state index contributed by atoms with van der Waals surface area (Å²) in [5, 5.41) is 0. The van der Waals surface area contributed by atoms with Gasteiger partial charge in [0.25, 0.3) is 10.1 Å². The fourth-order valence-electron chi connectivity index (χ4n) is 2.87. The molecule has 0 heterocycles. The zero-order valence-electron chi connectivity index (χ0n) is 13.9. The highest BCUT2D eigenvalue weighted by Crippen LogP contribution is 2.27. The quantitative estimate of drug-likeness (QED) is 0.427. The Morgan fingerprint density at radius 1 is 0.909 bits per heavy atom. The fourth-order valence-corrected chi connectivity index (χ4v) is 3.35. The van der Waals surface area contributed by atoms with Crippen LogP contribution in [0.2, 0.25) is 0 Å². The first-order valence-corrected chi connectivity index (χ1v) is 10.0. The summed E-state index contributed by atoms with van der Waals surface area (Å²) in [5.41, 5.74) is 1.17. The van der Waals surface area contributed by atoms with Crippen LogP contribution in [0.4, 0.5) is 0 Å². The van der Waals surface area contributed by atoms with E-state index in [4.69, 9.17) is 4.55 Å². The van der Waals surface area contributed by atoms with Gasteiger partial charge in [0, 0.05) is 0 Å². The van der Waals surface area contributed by atoms with Gasteiger partial charge in [0.15, 0.2) is 0 Å². The molecule has 1 atom stereocenters. The predicted molar refractivity (Wildman–Crippen MR) is 91.9 cm³/mol. The van der Waals surface area contributed by atoms with Gasteiger partial charge in [-0.05, 0) is 36.5 Å². The molecular weight excluding hydrogens is 296 g/mol. The minimum Gasteiger partial charge on any atom is -0.282 e. The van der Waals surface area contributed by atoms with Crippen molar-refractivity contribution in [1.29, 1.82) is 0 Å².